The summed E-state index contributed by atoms with van der Waals surface area (Å²) in [6.45, 7) is 1.33. The molecule has 3 N–H and O–H groups in total. The Morgan fingerprint density at radius 1 is 1.47 bits per heavy atom. The maximum absolute atomic E-state index is 12.0. The molecule has 1 aromatic heterocycles. The zero-order chi connectivity index (χ0) is 13.8. The first kappa shape index (κ1) is 13.3. The van der Waals surface area contributed by atoms with Crippen LogP contribution in [0, 0.1) is 5.92 Å². The van der Waals surface area contributed by atoms with Gasteiger partial charge in [0.05, 0.1) is 0 Å². The van der Waals surface area contributed by atoms with Gasteiger partial charge in [-0.1, -0.05) is 0 Å². The summed E-state index contributed by atoms with van der Waals surface area (Å²) in [5, 5.41) is 6.52. The Bertz CT molecular complexity index is 464. The maximum atomic E-state index is 12.0. The molecule has 0 aromatic carbocycles. The lowest BCUT2D eigenvalue weighted by Crippen LogP contribution is -2.43. The number of carbonyl (C=O) groups excluding carboxylic acids is 2. The molecule has 1 aliphatic heterocycles. The summed E-state index contributed by atoms with van der Waals surface area (Å²) in [5.74, 6) is 0.193. The monoisotopic (exact) mass is 266 g/mol. The molecule has 1 fully saturated rings. The summed E-state index contributed by atoms with van der Waals surface area (Å²) < 4.78 is 1.42. The topological polar surface area (TPSA) is 106 Å². The van der Waals surface area contributed by atoms with Crippen molar-refractivity contribution in [1.29, 1.82) is 0 Å². The van der Waals surface area contributed by atoms with E-state index in [0.29, 0.717) is 25.9 Å². The molecule has 1 aromatic rings. The second-order valence-corrected chi connectivity index (χ2v) is 4.57. The van der Waals surface area contributed by atoms with E-state index in [1.54, 1.807) is 11.9 Å². The molecule has 104 valence electrons. The van der Waals surface area contributed by atoms with Gasteiger partial charge in [0, 0.05) is 26.1 Å². The molecule has 8 heteroatoms. The van der Waals surface area contributed by atoms with Crippen molar-refractivity contribution in [3.05, 3.63) is 6.33 Å². The second kappa shape index (κ2) is 5.68. The van der Waals surface area contributed by atoms with Crippen LogP contribution < -0.4 is 11.1 Å². The van der Waals surface area contributed by atoms with Gasteiger partial charge < -0.3 is 16.0 Å². The summed E-state index contributed by atoms with van der Waals surface area (Å²) in [6.07, 6.45) is 2.83. The average Bonchev–Trinajstić information content (AvgIpc) is 2.83. The molecule has 0 aliphatic carbocycles. The van der Waals surface area contributed by atoms with Crippen LogP contribution in [0.15, 0.2) is 6.33 Å². The molecule has 0 unspecified atom stereocenters. The van der Waals surface area contributed by atoms with E-state index in [-0.39, 0.29) is 30.2 Å². The lowest BCUT2D eigenvalue weighted by atomic mass is 9.96. The van der Waals surface area contributed by atoms with E-state index in [1.165, 1.54) is 11.0 Å². The minimum Gasteiger partial charge on any atom is -0.367 e. The first-order chi connectivity index (χ1) is 9.10. The number of nitrogens with one attached hydrogen (secondary N) is 1. The minimum absolute atomic E-state index is 0.0102. The van der Waals surface area contributed by atoms with E-state index in [1.807, 2.05) is 0 Å². The van der Waals surface area contributed by atoms with E-state index in [2.05, 4.69) is 15.4 Å². The number of hydrogen-bond donors (Lipinski definition) is 2. The van der Waals surface area contributed by atoms with E-state index in [4.69, 9.17) is 5.73 Å². The van der Waals surface area contributed by atoms with Gasteiger partial charge in [-0.25, -0.2) is 9.67 Å². The van der Waals surface area contributed by atoms with E-state index < -0.39 is 0 Å². The summed E-state index contributed by atoms with van der Waals surface area (Å²) >= 11 is 0. The third kappa shape index (κ3) is 3.21. The molecule has 0 bridgehead atoms. The number of anilines is 1. The number of nitrogens with two attached hydrogens (primary N) is 1. The number of likely N-dealkylation sites (tertiary alicyclic amines) is 1. The Morgan fingerprint density at radius 3 is 2.68 bits per heavy atom. The number of nitrogens with zero attached hydrogens (tertiary/aromatic N) is 4. The highest BCUT2D eigenvalue weighted by Gasteiger charge is 2.26. The van der Waals surface area contributed by atoms with Gasteiger partial charge in [0.25, 0.3) is 0 Å². The Hall–Kier alpha value is -2.12. The molecule has 19 heavy (non-hydrogen) atoms. The molecule has 0 saturated carbocycles. The molecule has 2 heterocycles. The number of nitrogen functional groups attached to an aromatic ring is 1. The zero-order valence-corrected chi connectivity index (χ0v) is 10.9. The van der Waals surface area contributed by atoms with Crippen LogP contribution in [-0.4, -0.2) is 51.6 Å². The Labute approximate surface area is 111 Å². The normalized spacial score (nSPS) is 16.4. The Balaban J connectivity index is 1.84. The van der Waals surface area contributed by atoms with Crippen LogP contribution in [0.2, 0.25) is 0 Å². The van der Waals surface area contributed by atoms with Crippen molar-refractivity contribution >= 4 is 17.8 Å². The smallest absolute Gasteiger partial charge is 0.244 e. The summed E-state index contributed by atoms with van der Waals surface area (Å²) in [5.41, 5.74) is 5.39. The fourth-order valence-electron chi connectivity index (χ4n) is 2.22. The molecule has 0 spiro atoms. The van der Waals surface area contributed by atoms with E-state index in [0.717, 1.165) is 0 Å². The highest BCUT2D eigenvalue weighted by Crippen LogP contribution is 2.17. The Kier molecular flexibility index (Phi) is 3.98. The van der Waals surface area contributed by atoms with Gasteiger partial charge in [0.15, 0.2) is 0 Å². The third-order valence-electron chi connectivity index (χ3n) is 3.32. The molecule has 1 saturated heterocycles. The van der Waals surface area contributed by atoms with Crippen LogP contribution in [-0.2, 0) is 16.1 Å². The highest BCUT2D eigenvalue weighted by molar-refractivity contribution is 5.79. The number of aromatic nitrogens is 3. The van der Waals surface area contributed by atoms with Crippen molar-refractivity contribution in [1.82, 2.24) is 25.0 Å². The van der Waals surface area contributed by atoms with Crippen LogP contribution in [0.5, 0.6) is 0 Å². The minimum atomic E-state index is -0.0275. The predicted octanol–water partition coefficient (Wildman–Crippen LogP) is -1.16. The highest BCUT2D eigenvalue weighted by atomic mass is 16.2. The van der Waals surface area contributed by atoms with Gasteiger partial charge in [-0.2, -0.15) is 0 Å². The summed E-state index contributed by atoms with van der Waals surface area (Å²) in [7, 11) is 1.63. The summed E-state index contributed by atoms with van der Waals surface area (Å²) in [6, 6.07) is 0. The van der Waals surface area contributed by atoms with Crippen LogP contribution in [0.25, 0.3) is 0 Å². The van der Waals surface area contributed by atoms with Crippen molar-refractivity contribution in [3.63, 3.8) is 0 Å². The van der Waals surface area contributed by atoms with Crippen molar-refractivity contribution in [2.24, 2.45) is 5.92 Å². The van der Waals surface area contributed by atoms with Crippen molar-refractivity contribution in [2.45, 2.75) is 19.4 Å². The van der Waals surface area contributed by atoms with Crippen molar-refractivity contribution in [3.8, 4) is 0 Å². The van der Waals surface area contributed by atoms with Gasteiger partial charge in [-0.05, 0) is 12.8 Å². The molecular weight excluding hydrogens is 248 g/mol. The SMILES string of the molecule is CNC(=O)C1CCN(C(=O)Cn2cnc(N)n2)CC1. The molecule has 0 atom stereocenters. The molecule has 2 rings (SSSR count). The first-order valence-corrected chi connectivity index (χ1v) is 6.24. The lowest BCUT2D eigenvalue weighted by molar-refractivity contribution is -0.136. The third-order valence-corrected chi connectivity index (χ3v) is 3.32. The van der Waals surface area contributed by atoms with Gasteiger partial charge in [0.1, 0.15) is 12.9 Å². The Morgan fingerprint density at radius 2 is 2.16 bits per heavy atom. The van der Waals surface area contributed by atoms with Crippen LogP contribution >= 0.6 is 0 Å². The first-order valence-electron chi connectivity index (χ1n) is 6.24. The predicted molar refractivity (Wildman–Crippen MR) is 67.8 cm³/mol. The van der Waals surface area contributed by atoms with Gasteiger partial charge in [0.2, 0.25) is 17.8 Å². The average molecular weight is 266 g/mol. The number of amides is 2. The molecule has 0 radical (unpaired) electrons. The lowest BCUT2D eigenvalue weighted by Gasteiger charge is -2.31. The standard InChI is InChI=1S/C11H18N6O2/c1-13-10(19)8-2-4-16(5-3-8)9(18)6-17-7-14-11(12)15-17/h7-8H,2-6H2,1H3,(H2,12,15)(H,13,19). The molecular formula is C11H18N6O2. The fraction of sp³-hybridized carbons (Fsp3) is 0.636. The largest absolute Gasteiger partial charge is 0.367 e. The van der Waals surface area contributed by atoms with Gasteiger partial charge in [-0.3, -0.25) is 9.59 Å². The van der Waals surface area contributed by atoms with Gasteiger partial charge in [-0.15, -0.1) is 5.10 Å². The van der Waals surface area contributed by atoms with Crippen molar-refractivity contribution < 1.29 is 9.59 Å². The van der Waals surface area contributed by atoms with Gasteiger partial charge >= 0.3 is 0 Å². The van der Waals surface area contributed by atoms with Crippen LogP contribution in [0.3, 0.4) is 0 Å². The quantitative estimate of drug-likeness (QED) is 0.718. The number of rotatable bonds is 3. The zero-order valence-electron chi connectivity index (χ0n) is 10.9. The van der Waals surface area contributed by atoms with Crippen LogP contribution in [0.1, 0.15) is 12.8 Å². The number of piperidine rings is 1. The number of hydrogen-bond acceptors (Lipinski definition) is 5. The molecule has 8 nitrogen and oxygen atoms in total. The van der Waals surface area contributed by atoms with E-state index >= 15 is 0 Å². The van der Waals surface area contributed by atoms with E-state index in [9.17, 15) is 9.59 Å². The number of carbonyl (C=O) groups is 2. The van der Waals surface area contributed by atoms with Crippen LogP contribution in [0.4, 0.5) is 5.95 Å². The summed E-state index contributed by atoms with van der Waals surface area (Å²) in [4.78, 5) is 29.0. The maximum Gasteiger partial charge on any atom is 0.244 e. The van der Waals surface area contributed by atoms with Crippen molar-refractivity contribution in [2.75, 3.05) is 25.9 Å². The fourth-order valence-corrected chi connectivity index (χ4v) is 2.22. The molecule has 1 aliphatic rings. The second-order valence-electron chi connectivity index (χ2n) is 4.57. The molecule has 2 amide bonds.